The van der Waals surface area contributed by atoms with Crippen molar-refractivity contribution in [2.24, 2.45) is 0 Å². The Balaban J connectivity index is 1.43. The van der Waals surface area contributed by atoms with Gasteiger partial charge in [0, 0.05) is 22.6 Å². The monoisotopic (exact) mass is 331 g/mol. The number of aromatic nitrogens is 2. The number of aryl methyl sites for hydroxylation is 1. The van der Waals surface area contributed by atoms with Crippen molar-refractivity contribution in [1.29, 1.82) is 0 Å². The van der Waals surface area contributed by atoms with E-state index in [0.29, 0.717) is 12.2 Å². The average molecular weight is 331 g/mol. The lowest BCUT2D eigenvalue weighted by Gasteiger charge is -2.08. The Hall–Kier alpha value is -1.95. The molecule has 0 unspecified atom stereocenters. The zero-order valence-corrected chi connectivity index (χ0v) is 13.5. The summed E-state index contributed by atoms with van der Waals surface area (Å²) in [6.07, 6.45) is 5.71. The Morgan fingerprint density at radius 3 is 2.87 bits per heavy atom. The van der Waals surface area contributed by atoms with Crippen molar-refractivity contribution in [2.75, 3.05) is 11.1 Å². The molecule has 0 saturated heterocycles. The molecule has 0 saturated carbocycles. The summed E-state index contributed by atoms with van der Waals surface area (Å²) in [7, 11) is 0. The summed E-state index contributed by atoms with van der Waals surface area (Å²) in [6.45, 7) is 0. The van der Waals surface area contributed by atoms with E-state index in [2.05, 4.69) is 15.3 Å². The van der Waals surface area contributed by atoms with E-state index in [1.807, 2.05) is 0 Å². The number of fused-ring (bicyclic) bond motifs is 1. The Bertz CT molecular complexity index is 691. The largest absolute Gasteiger partial charge is 0.310 e. The summed E-state index contributed by atoms with van der Waals surface area (Å²) in [5, 5.41) is 2.90. The van der Waals surface area contributed by atoms with Gasteiger partial charge in [0.25, 0.3) is 0 Å². The smallest absolute Gasteiger partial charge is 0.225 e. The van der Waals surface area contributed by atoms with Gasteiger partial charge in [-0.2, -0.15) is 0 Å². The number of hydrogen-bond acceptors (Lipinski definition) is 4. The topological polar surface area (TPSA) is 54.9 Å². The van der Waals surface area contributed by atoms with Crippen LogP contribution in [0.1, 0.15) is 30.5 Å². The van der Waals surface area contributed by atoms with Gasteiger partial charge in [-0.3, -0.25) is 4.79 Å². The summed E-state index contributed by atoms with van der Waals surface area (Å²) in [5.74, 6) is 1.24. The number of anilines is 1. The Kier molecular flexibility index (Phi) is 5.23. The van der Waals surface area contributed by atoms with E-state index in [9.17, 15) is 9.18 Å². The van der Waals surface area contributed by atoms with Crippen LogP contribution >= 0.6 is 11.8 Å². The number of hydrogen-bond donors (Lipinski definition) is 1. The molecule has 1 heterocycles. The van der Waals surface area contributed by atoms with Crippen LogP contribution in [0.15, 0.2) is 35.5 Å². The highest BCUT2D eigenvalue weighted by Gasteiger charge is 2.18. The minimum Gasteiger partial charge on any atom is -0.310 e. The van der Waals surface area contributed by atoms with Gasteiger partial charge in [0.05, 0.1) is 0 Å². The van der Waals surface area contributed by atoms with Gasteiger partial charge in [0.2, 0.25) is 5.91 Å². The molecule has 23 heavy (non-hydrogen) atoms. The van der Waals surface area contributed by atoms with Gasteiger partial charge in [-0.05, 0) is 55.7 Å². The number of nitrogens with zero attached hydrogens (tertiary/aromatic N) is 2. The molecule has 0 aliphatic heterocycles. The number of thioether (sulfide) groups is 1. The molecule has 120 valence electrons. The van der Waals surface area contributed by atoms with Gasteiger partial charge < -0.3 is 5.32 Å². The van der Waals surface area contributed by atoms with Gasteiger partial charge in [0.1, 0.15) is 18.0 Å². The lowest BCUT2D eigenvalue weighted by Crippen LogP contribution is -2.14. The third-order valence-corrected chi connectivity index (χ3v) is 4.86. The fourth-order valence-electron chi connectivity index (χ4n) is 2.62. The first-order chi connectivity index (χ1) is 11.2. The van der Waals surface area contributed by atoms with Crippen molar-refractivity contribution in [2.45, 2.75) is 37.0 Å². The third-order valence-electron chi connectivity index (χ3n) is 3.76. The second-order valence-electron chi connectivity index (χ2n) is 5.46. The van der Waals surface area contributed by atoms with Crippen LogP contribution in [-0.2, 0) is 17.6 Å². The number of carbonyl (C=O) groups is 1. The van der Waals surface area contributed by atoms with E-state index in [1.54, 1.807) is 23.9 Å². The Morgan fingerprint density at radius 2 is 2.04 bits per heavy atom. The molecule has 0 spiro atoms. The third kappa shape index (κ3) is 4.28. The van der Waals surface area contributed by atoms with E-state index in [-0.39, 0.29) is 11.7 Å². The Morgan fingerprint density at radius 1 is 1.22 bits per heavy atom. The molecule has 1 aromatic heterocycles. The van der Waals surface area contributed by atoms with Crippen LogP contribution < -0.4 is 5.32 Å². The van der Waals surface area contributed by atoms with E-state index >= 15 is 0 Å². The fourth-order valence-corrected chi connectivity index (χ4v) is 3.47. The number of rotatable bonds is 6. The van der Waals surface area contributed by atoms with Gasteiger partial charge in [0.15, 0.2) is 0 Å². The number of amides is 1. The molecule has 0 atom stereocenters. The average Bonchev–Trinajstić information content (AvgIpc) is 3.03. The van der Waals surface area contributed by atoms with Crippen molar-refractivity contribution in [3.63, 3.8) is 0 Å². The normalized spacial score (nSPS) is 12.9. The van der Waals surface area contributed by atoms with Crippen LogP contribution in [0, 0.1) is 5.82 Å². The van der Waals surface area contributed by atoms with Crippen LogP contribution in [-0.4, -0.2) is 21.6 Å². The molecule has 0 fully saturated rings. The van der Waals surface area contributed by atoms with Gasteiger partial charge in [-0.15, -0.1) is 11.8 Å². The minimum atomic E-state index is -0.230. The summed E-state index contributed by atoms with van der Waals surface area (Å²) >= 11 is 1.63. The molecular weight excluding hydrogens is 313 g/mol. The quantitative estimate of drug-likeness (QED) is 0.649. The van der Waals surface area contributed by atoms with Crippen molar-refractivity contribution < 1.29 is 9.18 Å². The zero-order valence-electron chi connectivity index (χ0n) is 12.7. The maximum Gasteiger partial charge on any atom is 0.225 e. The maximum absolute atomic E-state index is 12.8. The standard InChI is InChI=1S/C17H18FN3OS/c18-12-6-8-13(9-7-12)23-10-2-5-16(22)21-17-14-3-1-4-15(14)19-11-20-17/h6-9,11H,1-5,10H2,(H,19,20,21,22). The number of benzene rings is 1. The van der Waals surface area contributed by atoms with Gasteiger partial charge >= 0.3 is 0 Å². The van der Waals surface area contributed by atoms with Crippen LogP contribution in [0.4, 0.5) is 10.2 Å². The van der Waals surface area contributed by atoms with E-state index < -0.39 is 0 Å². The van der Waals surface area contributed by atoms with Crippen LogP contribution in [0.3, 0.4) is 0 Å². The molecule has 1 aromatic carbocycles. The molecule has 0 bridgehead atoms. The molecular formula is C17H18FN3OS. The molecule has 1 aliphatic carbocycles. The summed E-state index contributed by atoms with van der Waals surface area (Å²) in [5.41, 5.74) is 2.14. The summed E-state index contributed by atoms with van der Waals surface area (Å²) < 4.78 is 12.8. The number of halogens is 1. The second kappa shape index (κ2) is 7.55. The SMILES string of the molecule is O=C(CCCSc1ccc(F)cc1)Nc1ncnc2c1CCC2. The molecule has 1 amide bonds. The molecule has 1 N–H and O–H groups in total. The van der Waals surface area contributed by atoms with Crippen LogP contribution in [0.25, 0.3) is 0 Å². The summed E-state index contributed by atoms with van der Waals surface area (Å²) in [6, 6.07) is 6.41. The maximum atomic E-state index is 12.8. The highest BCUT2D eigenvalue weighted by atomic mass is 32.2. The first kappa shape index (κ1) is 15.9. The van der Waals surface area contributed by atoms with Gasteiger partial charge in [-0.1, -0.05) is 0 Å². The lowest BCUT2D eigenvalue weighted by atomic mass is 10.2. The Labute approximate surface area is 138 Å². The van der Waals surface area contributed by atoms with Crippen LogP contribution in [0.5, 0.6) is 0 Å². The molecule has 2 aromatic rings. The van der Waals surface area contributed by atoms with E-state index in [0.717, 1.165) is 47.6 Å². The second-order valence-corrected chi connectivity index (χ2v) is 6.62. The zero-order chi connectivity index (χ0) is 16.1. The lowest BCUT2D eigenvalue weighted by molar-refractivity contribution is -0.116. The highest BCUT2D eigenvalue weighted by Crippen LogP contribution is 2.25. The highest BCUT2D eigenvalue weighted by molar-refractivity contribution is 7.99. The van der Waals surface area contributed by atoms with Crippen molar-refractivity contribution in [3.8, 4) is 0 Å². The number of carbonyl (C=O) groups excluding carboxylic acids is 1. The predicted molar refractivity (Wildman–Crippen MR) is 89.0 cm³/mol. The van der Waals surface area contributed by atoms with Crippen molar-refractivity contribution in [1.82, 2.24) is 9.97 Å². The number of nitrogens with one attached hydrogen (secondary N) is 1. The first-order valence-corrected chi connectivity index (χ1v) is 8.72. The van der Waals surface area contributed by atoms with Gasteiger partial charge in [-0.25, -0.2) is 14.4 Å². The molecule has 3 rings (SSSR count). The molecule has 0 radical (unpaired) electrons. The predicted octanol–water partition coefficient (Wildman–Crippen LogP) is 3.62. The minimum absolute atomic E-state index is 0.0162. The van der Waals surface area contributed by atoms with E-state index in [4.69, 9.17) is 0 Å². The molecule has 6 heteroatoms. The van der Waals surface area contributed by atoms with Crippen molar-refractivity contribution in [3.05, 3.63) is 47.7 Å². The van der Waals surface area contributed by atoms with Crippen molar-refractivity contribution >= 4 is 23.5 Å². The first-order valence-electron chi connectivity index (χ1n) is 7.73. The molecule has 1 aliphatic rings. The van der Waals surface area contributed by atoms with Crippen LogP contribution in [0.2, 0.25) is 0 Å². The molecule has 4 nitrogen and oxygen atoms in total. The van der Waals surface area contributed by atoms with E-state index in [1.165, 1.54) is 18.5 Å². The fraction of sp³-hybridized carbons (Fsp3) is 0.353. The summed E-state index contributed by atoms with van der Waals surface area (Å²) in [4.78, 5) is 21.5.